The molecule has 0 radical (unpaired) electrons. The lowest BCUT2D eigenvalue weighted by atomic mass is 9.94. The molecule has 0 aliphatic heterocycles. The molecule has 0 fully saturated rings. The van der Waals surface area contributed by atoms with Gasteiger partial charge in [-0.3, -0.25) is 9.97 Å². The summed E-state index contributed by atoms with van der Waals surface area (Å²) in [6.07, 6.45) is 4.59. The van der Waals surface area contributed by atoms with Gasteiger partial charge in [-0.2, -0.15) is 0 Å². The van der Waals surface area contributed by atoms with Crippen LogP contribution >= 0.6 is 0 Å². The summed E-state index contributed by atoms with van der Waals surface area (Å²) in [6.45, 7) is 2.45. The summed E-state index contributed by atoms with van der Waals surface area (Å²) >= 11 is 0. The van der Waals surface area contributed by atoms with Crippen molar-refractivity contribution in [3.8, 4) is 22.4 Å². The molecular formula is C27H23N5O2S. The second kappa shape index (κ2) is 9.25. The highest BCUT2D eigenvalue weighted by atomic mass is 32.2. The van der Waals surface area contributed by atoms with Crippen molar-refractivity contribution >= 4 is 26.6 Å². The van der Waals surface area contributed by atoms with Crippen molar-refractivity contribution in [2.45, 2.75) is 18.4 Å². The van der Waals surface area contributed by atoms with Gasteiger partial charge in [0.25, 0.3) is 0 Å². The number of rotatable bonds is 6. The summed E-state index contributed by atoms with van der Waals surface area (Å²) < 4.78 is 23.9. The lowest BCUT2D eigenvalue weighted by Gasteiger charge is -2.18. The van der Waals surface area contributed by atoms with Gasteiger partial charge in [0.2, 0.25) is 10.0 Å². The standard InChI is InChI=1S/C27H23N5O2S/c1-18-23-11-7-12-24(19-8-3-2-4-9-19)25(23)27(31-16-21-10-5-6-13-30-21)32-26(18)20-14-22(17-29-15-20)35(28,33)34/h2-15,17H,16H2,1H3,(H,31,32)(H2,28,33,34). The van der Waals surface area contributed by atoms with Gasteiger partial charge in [0.1, 0.15) is 10.7 Å². The summed E-state index contributed by atoms with van der Waals surface area (Å²) in [5.74, 6) is 0.673. The molecule has 0 saturated carbocycles. The Bertz CT molecular complexity index is 1620. The van der Waals surface area contributed by atoms with Crippen molar-refractivity contribution in [2.24, 2.45) is 5.14 Å². The number of nitrogens with one attached hydrogen (secondary N) is 1. The normalized spacial score (nSPS) is 11.5. The molecule has 3 aromatic heterocycles. The molecule has 7 nitrogen and oxygen atoms in total. The zero-order valence-corrected chi connectivity index (χ0v) is 19.8. The van der Waals surface area contributed by atoms with Gasteiger partial charge in [0, 0.05) is 29.5 Å². The van der Waals surface area contributed by atoms with Crippen LogP contribution < -0.4 is 10.5 Å². The Labute approximate surface area is 203 Å². The molecule has 0 bridgehead atoms. The number of fused-ring (bicyclic) bond motifs is 1. The summed E-state index contributed by atoms with van der Waals surface area (Å²) in [5, 5.41) is 10.8. The van der Waals surface area contributed by atoms with E-state index in [-0.39, 0.29) is 4.90 Å². The Hall–Kier alpha value is -4.14. The number of nitrogens with two attached hydrogens (primary N) is 1. The van der Waals surface area contributed by atoms with Crippen LogP contribution in [0.3, 0.4) is 0 Å². The first-order chi connectivity index (χ1) is 16.9. The Morgan fingerprint density at radius 2 is 1.71 bits per heavy atom. The quantitative estimate of drug-likeness (QED) is 0.356. The predicted molar refractivity (Wildman–Crippen MR) is 138 cm³/mol. The maximum Gasteiger partial charge on any atom is 0.239 e. The smallest absolute Gasteiger partial charge is 0.239 e. The minimum Gasteiger partial charge on any atom is -0.364 e. The van der Waals surface area contributed by atoms with Crippen LogP contribution in [0, 0.1) is 6.92 Å². The molecule has 0 aliphatic carbocycles. The second-order valence-corrected chi connectivity index (χ2v) is 9.72. The third-order valence-corrected chi connectivity index (χ3v) is 6.73. The minimum absolute atomic E-state index is 0.0580. The largest absolute Gasteiger partial charge is 0.364 e. The Morgan fingerprint density at radius 1 is 0.914 bits per heavy atom. The van der Waals surface area contributed by atoms with Crippen molar-refractivity contribution in [3.05, 3.63) is 103 Å². The van der Waals surface area contributed by atoms with E-state index in [4.69, 9.17) is 10.1 Å². The molecule has 0 aliphatic rings. The van der Waals surface area contributed by atoms with Gasteiger partial charge in [-0.1, -0.05) is 54.6 Å². The fourth-order valence-corrected chi connectivity index (χ4v) is 4.65. The average molecular weight is 482 g/mol. The van der Waals surface area contributed by atoms with E-state index >= 15 is 0 Å². The van der Waals surface area contributed by atoms with E-state index < -0.39 is 10.0 Å². The third-order valence-electron chi connectivity index (χ3n) is 5.85. The molecule has 174 valence electrons. The number of hydrogen-bond acceptors (Lipinski definition) is 6. The van der Waals surface area contributed by atoms with E-state index in [0.29, 0.717) is 23.6 Å². The number of aryl methyl sites for hydroxylation is 1. The van der Waals surface area contributed by atoms with Crippen LogP contribution in [-0.4, -0.2) is 23.4 Å². The fourth-order valence-electron chi connectivity index (χ4n) is 4.15. The second-order valence-electron chi connectivity index (χ2n) is 8.16. The molecule has 5 aromatic rings. The molecule has 5 rings (SSSR count). The first kappa shape index (κ1) is 22.6. The molecule has 0 unspecified atom stereocenters. The number of benzene rings is 2. The monoisotopic (exact) mass is 481 g/mol. The van der Waals surface area contributed by atoms with Crippen LogP contribution in [0.2, 0.25) is 0 Å². The topological polar surface area (TPSA) is 111 Å². The number of sulfonamides is 1. The van der Waals surface area contributed by atoms with Crippen molar-refractivity contribution in [2.75, 3.05) is 5.32 Å². The van der Waals surface area contributed by atoms with Crippen LogP contribution in [0.5, 0.6) is 0 Å². The summed E-state index contributed by atoms with van der Waals surface area (Å²) in [7, 11) is -3.90. The molecule has 3 heterocycles. The number of nitrogens with zero attached hydrogens (tertiary/aromatic N) is 3. The molecule has 0 saturated heterocycles. The van der Waals surface area contributed by atoms with E-state index in [9.17, 15) is 8.42 Å². The fraction of sp³-hybridized carbons (Fsp3) is 0.0741. The van der Waals surface area contributed by atoms with Gasteiger partial charge in [-0.15, -0.1) is 0 Å². The lowest BCUT2D eigenvalue weighted by Crippen LogP contribution is -2.12. The number of anilines is 1. The summed E-state index contributed by atoms with van der Waals surface area (Å²) in [6, 6.07) is 23.6. The third kappa shape index (κ3) is 4.62. The van der Waals surface area contributed by atoms with E-state index in [2.05, 4.69) is 33.5 Å². The van der Waals surface area contributed by atoms with Crippen LogP contribution in [0.1, 0.15) is 11.3 Å². The predicted octanol–water partition coefficient (Wildman–Crippen LogP) is 4.93. The first-order valence-corrected chi connectivity index (χ1v) is 12.6. The zero-order valence-electron chi connectivity index (χ0n) is 19.0. The molecule has 8 heteroatoms. The molecule has 0 amide bonds. The highest BCUT2D eigenvalue weighted by Crippen LogP contribution is 2.38. The van der Waals surface area contributed by atoms with E-state index in [1.165, 1.54) is 12.3 Å². The van der Waals surface area contributed by atoms with Crippen molar-refractivity contribution in [1.82, 2.24) is 15.0 Å². The molecule has 0 spiro atoms. The zero-order chi connectivity index (χ0) is 24.4. The maximum atomic E-state index is 11.9. The van der Waals surface area contributed by atoms with Crippen LogP contribution in [0.15, 0.2) is 96.3 Å². The molecule has 0 atom stereocenters. The van der Waals surface area contributed by atoms with Gasteiger partial charge >= 0.3 is 0 Å². The highest BCUT2D eigenvalue weighted by molar-refractivity contribution is 7.89. The van der Waals surface area contributed by atoms with Crippen molar-refractivity contribution in [1.29, 1.82) is 0 Å². The van der Waals surface area contributed by atoms with Gasteiger partial charge in [-0.25, -0.2) is 18.5 Å². The Morgan fingerprint density at radius 3 is 2.46 bits per heavy atom. The van der Waals surface area contributed by atoms with E-state index in [1.54, 1.807) is 12.4 Å². The summed E-state index contributed by atoms with van der Waals surface area (Å²) in [5.41, 5.74) is 5.11. The maximum absolute atomic E-state index is 11.9. The van der Waals surface area contributed by atoms with Crippen LogP contribution in [-0.2, 0) is 16.6 Å². The first-order valence-electron chi connectivity index (χ1n) is 11.0. The number of hydrogen-bond donors (Lipinski definition) is 2. The van der Waals surface area contributed by atoms with Crippen LogP contribution in [0.4, 0.5) is 5.82 Å². The lowest BCUT2D eigenvalue weighted by molar-refractivity contribution is 0.597. The average Bonchev–Trinajstić information content (AvgIpc) is 2.89. The molecule has 2 aromatic carbocycles. The molecule has 35 heavy (non-hydrogen) atoms. The Balaban J connectivity index is 1.74. The Kier molecular flexibility index (Phi) is 5.98. The van der Waals surface area contributed by atoms with Gasteiger partial charge < -0.3 is 5.32 Å². The van der Waals surface area contributed by atoms with Gasteiger partial charge in [0.05, 0.1) is 17.9 Å². The SMILES string of the molecule is Cc1c(-c2cncc(S(N)(=O)=O)c2)nc(NCc2ccccn2)c2c(-c3ccccc3)cccc12. The van der Waals surface area contributed by atoms with Crippen molar-refractivity contribution < 1.29 is 8.42 Å². The van der Waals surface area contributed by atoms with E-state index in [1.807, 2.05) is 55.5 Å². The molecule has 3 N–H and O–H groups in total. The van der Waals surface area contributed by atoms with Crippen LogP contribution in [0.25, 0.3) is 33.2 Å². The highest BCUT2D eigenvalue weighted by Gasteiger charge is 2.18. The molecular weight excluding hydrogens is 458 g/mol. The van der Waals surface area contributed by atoms with Gasteiger partial charge in [0.15, 0.2) is 0 Å². The number of primary sulfonamides is 1. The van der Waals surface area contributed by atoms with E-state index in [0.717, 1.165) is 33.2 Å². The summed E-state index contributed by atoms with van der Waals surface area (Å²) in [4.78, 5) is 13.4. The number of pyridine rings is 3. The van der Waals surface area contributed by atoms with Gasteiger partial charge in [-0.05, 0) is 47.2 Å². The number of aromatic nitrogens is 3. The minimum atomic E-state index is -3.90. The van der Waals surface area contributed by atoms with Crippen molar-refractivity contribution in [3.63, 3.8) is 0 Å².